The molecule has 0 aliphatic carbocycles. The van der Waals surface area contributed by atoms with Crippen LogP contribution < -0.4 is 0 Å². The van der Waals surface area contributed by atoms with E-state index in [1.54, 1.807) is 0 Å². The van der Waals surface area contributed by atoms with Gasteiger partial charge in [0.05, 0.1) is 17.0 Å². The molecule has 0 atom stereocenters. The molecule has 3 aromatic rings. The Morgan fingerprint density at radius 3 is 2.38 bits per heavy atom. The minimum Gasteiger partial charge on any atom is -0.349 e. The predicted octanol–water partition coefficient (Wildman–Crippen LogP) is 4.83. The Hall–Kier alpha value is -2.08. The Morgan fingerprint density at radius 1 is 1.10 bits per heavy atom. The van der Waals surface area contributed by atoms with Crippen LogP contribution in [0, 0.1) is 0 Å². The van der Waals surface area contributed by atoms with Crippen molar-refractivity contribution in [2.75, 3.05) is 0 Å². The lowest BCUT2D eigenvalue weighted by Gasteiger charge is -2.06. The summed E-state index contributed by atoms with van der Waals surface area (Å²) in [4.78, 5) is 4.49. The summed E-state index contributed by atoms with van der Waals surface area (Å²) in [6, 6.07) is 8.94. The first-order valence-corrected chi connectivity index (χ1v) is 7.08. The first kappa shape index (κ1) is 13.9. The number of benzene rings is 1. The second kappa shape index (κ2) is 5.04. The zero-order valence-corrected chi connectivity index (χ0v) is 11.9. The van der Waals surface area contributed by atoms with E-state index in [0.717, 1.165) is 22.8 Å². The van der Waals surface area contributed by atoms with E-state index in [0.29, 0.717) is 11.3 Å². The third-order valence-corrected chi connectivity index (χ3v) is 4.04. The molecule has 2 aromatic heterocycles. The summed E-state index contributed by atoms with van der Waals surface area (Å²) in [5.74, 6) is 0. The Bertz CT molecular complexity index is 754. The molecule has 1 aromatic carbocycles. The number of hydrogen-bond donors (Lipinski definition) is 0. The second-order valence-electron chi connectivity index (χ2n) is 4.62. The molecule has 0 radical (unpaired) electrons. The third-order valence-electron chi connectivity index (χ3n) is 3.18. The Balaban J connectivity index is 1.92. The molecule has 0 aliphatic heterocycles. The van der Waals surface area contributed by atoms with Gasteiger partial charge in [-0.15, -0.1) is 11.3 Å². The summed E-state index contributed by atoms with van der Waals surface area (Å²) in [6.07, 6.45) is -2.39. The summed E-state index contributed by atoms with van der Waals surface area (Å²) in [7, 11) is 1.93. The van der Waals surface area contributed by atoms with Crippen molar-refractivity contribution in [2.45, 2.75) is 6.18 Å². The van der Waals surface area contributed by atoms with Crippen LogP contribution in [0.1, 0.15) is 5.56 Å². The van der Waals surface area contributed by atoms with Gasteiger partial charge in [-0.2, -0.15) is 13.2 Å². The van der Waals surface area contributed by atoms with Crippen LogP contribution in [0.3, 0.4) is 0 Å². The van der Waals surface area contributed by atoms with Crippen LogP contribution >= 0.6 is 11.3 Å². The number of thiazole rings is 1. The molecule has 0 N–H and O–H groups in total. The Kier molecular flexibility index (Phi) is 3.33. The van der Waals surface area contributed by atoms with Crippen molar-refractivity contribution in [1.29, 1.82) is 0 Å². The highest BCUT2D eigenvalue weighted by Gasteiger charge is 2.30. The first-order valence-electron chi connectivity index (χ1n) is 6.20. The van der Waals surface area contributed by atoms with Crippen LogP contribution in [0.15, 0.2) is 48.0 Å². The largest absolute Gasteiger partial charge is 0.416 e. The summed E-state index contributed by atoms with van der Waals surface area (Å²) in [5.41, 5.74) is 1.70. The molecule has 0 bridgehead atoms. The molecule has 108 valence electrons. The van der Waals surface area contributed by atoms with Crippen LogP contribution in [-0.4, -0.2) is 9.55 Å². The zero-order valence-electron chi connectivity index (χ0n) is 11.1. The van der Waals surface area contributed by atoms with E-state index in [-0.39, 0.29) is 0 Å². The molecule has 21 heavy (non-hydrogen) atoms. The van der Waals surface area contributed by atoms with Gasteiger partial charge in [0, 0.05) is 24.2 Å². The van der Waals surface area contributed by atoms with Crippen molar-refractivity contribution in [3.8, 4) is 22.0 Å². The van der Waals surface area contributed by atoms with Gasteiger partial charge in [-0.1, -0.05) is 12.1 Å². The average molecular weight is 308 g/mol. The minimum absolute atomic E-state index is 0.649. The standard InChI is InChI=1S/C15H11F3N2S/c1-20-8-2-3-13(20)14-19-12(9-21-14)10-4-6-11(7-5-10)15(16,17)18/h2-9H,1H3. The third kappa shape index (κ3) is 2.71. The lowest BCUT2D eigenvalue weighted by Crippen LogP contribution is -2.03. The van der Waals surface area contributed by atoms with Gasteiger partial charge in [0.15, 0.2) is 0 Å². The molecule has 2 nitrogen and oxygen atoms in total. The maximum absolute atomic E-state index is 12.5. The number of halogens is 3. The van der Waals surface area contributed by atoms with Crippen LogP contribution in [0.2, 0.25) is 0 Å². The highest BCUT2D eigenvalue weighted by atomic mass is 32.1. The maximum Gasteiger partial charge on any atom is 0.416 e. The molecule has 6 heteroatoms. The molecule has 0 spiro atoms. The van der Waals surface area contributed by atoms with E-state index in [2.05, 4.69) is 4.98 Å². The normalized spacial score (nSPS) is 11.8. The van der Waals surface area contributed by atoms with Crippen molar-refractivity contribution in [3.63, 3.8) is 0 Å². The van der Waals surface area contributed by atoms with Gasteiger partial charge in [-0.3, -0.25) is 0 Å². The van der Waals surface area contributed by atoms with Gasteiger partial charge in [0.2, 0.25) is 0 Å². The number of aryl methyl sites for hydroxylation is 1. The molecule has 0 aliphatic rings. The molecule has 2 heterocycles. The van der Waals surface area contributed by atoms with Crippen LogP contribution in [0.5, 0.6) is 0 Å². The van der Waals surface area contributed by atoms with Crippen molar-refractivity contribution >= 4 is 11.3 Å². The van der Waals surface area contributed by atoms with Crippen LogP contribution in [-0.2, 0) is 13.2 Å². The molecule has 0 saturated heterocycles. The van der Waals surface area contributed by atoms with Crippen molar-refractivity contribution in [2.24, 2.45) is 7.05 Å². The fourth-order valence-corrected chi connectivity index (χ4v) is 2.93. The number of nitrogens with zero attached hydrogens (tertiary/aromatic N) is 2. The quantitative estimate of drug-likeness (QED) is 0.662. The maximum atomic E-state index is 12.5. The van der Waals surface area contributed by atoms with Gasteiger partial charge >= 0.3 is 6.18 Å². The zero-order chi connectivity index (χ0) is 15.0. The van der Waals surface area contributed by atoms with Gasteiger partial charge < -0.3 is 4.57 Å². The summed E-state index contributed by atoms with van der Waals surface area (Å²) >= 11 is 1.47. The highest BCUT2D eigenvalue weighted by Crippen LogP contribution is 2.32. The van der Waals surface area contributed by atoms with E-state index in [1.165, 1.54) is 23.5 Å². The number of alkyl halides is 3. The smallest absolute Gasteiger partial charge is 0.349 e. The monoisotopic (exact) mass is 308 g/mol. The fourth-order valence-electron chi connectivity index (χ4n) is 2.04. The predicted molar refractivity (Wildman–Crippen MR) is 77.0 cm³/mol. The van der Waals surface area contributed by atoms with E-state index in [4.69, 9.17) is 0 Å². The molecule has 3 rings (SSSR count). The van der Waals surface area contributed by atoms with Gasteiger partial charge in [-0.05, 0) is 24.3 Å². The van der Waals surface area contributed by atoms with Gasteiger partial charge in [0.1, 0.15) is 5.01 Å². The molecular weight excluding hydrogens is 297 g/mol. The number of aromatic nitrogens is 2. The Labute approximate surface area is 123 Å². The molecule has 0 unspecified atom stereocenters. The summed E-state index contributed by atoms with van der Waals surface area (Å²) in [5, 5.41) is 2.70. The van der Waals surface area contributed by atoms with Gasteiger partial charge in [-0.25, -0.2) is 4.98 Å². The Morgan fingerprint density at radius 2 is 1.81 bits per heavy atom. The van der Waals surface area contributed by atoms with Crippen LogP contribution in [0.25, 0.3) is 22.0 Å². The fraction of sp³-hybridized carbons (Fsp3) is 0.133. The SMILES string of the molecule is Cn1cccc1-c1nc(-c2ccc(C(F)(F)F)cc2)cs1. The topological polar surface area (TPSA) is 17.8 Å². The lowest BCUT2D eigenvalue weighted by atomic mass is 10.1. The minimum atomic E-state index is -4.31. The highest BCUT2D eigenvalue weighted by molar-refractivity contribution is 7.13. The van der Waals surface area contributed by atoms with Gasteiger partial charge in [0.25, 0.3) is 0 Å². The number of hydrogen-bond acceptors (Lipinski definition) is 2. The first-order chi connectivity index (χ1) is 9.95. The average Bonchev–Trinajstić information content (AvgIpc) is 3.06. The summed E-state index contributed by atoms with van der Waals surface area (Å²) in [6.45, 7) is 0. The molecular formula is C15H11F3N2S. The van der Waals surface area contributed by atoms with E-state index in [1.807, 2.05) is 35.3 Å². The van der Waals surface area contributed by atoms with E-state index >= 15 is 0 Å². The molecule has 0 fully saturated rings. The van der Waals surface area contributed by atoms with E-state index < -0.39 is 11.7 Å². The van der Waals surface area contributed by atoms with Crippen molar-refractivity contribution in [1.82, 2.24) is 9.55 Å². The molecule has 0 saturated carbocycles. The van der Waals surface area contributed by atoms with Crippen molar-refractivity contribution < 1.29 is 13.2 Å². The number of rotatable bonds is 2. The summed E-state index contributed by atoms with van der Waals surface area (Å²) < 4.78 is 39.6. The molecule has 0 amide bonds. The van der Waals surface area contributed by atoms with Crippen molar-refractivity contribution in [3.05, 3.63) is 53.5 Å². The van der Waals surface area contributed by atoms with E-state index in [9.17, 15) is 13.2 Å². The lowest BCUT2D eigenvalue weighted by molar-refractivity contribution is -0.137. The van der Waals surface area contributed by atoms with Crippen LogP contribution in [0.4, 0.5) is 13.2 Å². The second-order valence-corrected chi connectivity index (χ2v) is 5.48.